The quantitative estimate of drug-likeness (QED) is 0.186. The molecule has 6 atom stereocenters. The number of carbonyl (C=O) groups excluding carboxylic acids is 2. The Morgan fingerprint density at radius 2 is 1.67 bits per heavy atom. The fourth-order valence-corrected chi connectivity index (χ4v) is 7.22. The molecule has 1 fully saturated rings. The number of nitrogens with one attached hydrogen (secondary N) is 3. The second kappa shape index (κ2) is 16.7. The topological polar surface area (TPSA) is 161 Å². The highest BCUT2D eigenvalue weighted by atomic mass is 32.2. The van der Waals surface area contributed by atoms with Gasteiger partial charge >= 0.3 is 0 Å². The van der Waals surface area contributed by atoms with Crippen LogP contribution in [0.5, 0.6) is 0 Å². The Kier molecular flexibility index (Phi) is 13.6. The van der Waals surface area contributed by atoms with Crippen molar-refractivity contribution >= 4 is 21.7 Å². The van der Waals surface area contributed by atoms with Crippen molar-refractivity contribution in [1.82, 2.24) is 20.6 Å². The largest absolute Gasteiger partial charge is 0.390 e. The molecule has 0 spiro atoms. The van der Waals surface area contributed by atoms with E-state index >= 15 is 0 Å². The molecule has 11 heteroatoms. The van der Waals surface area contributed by atoms with E-state index in [2.05, 4.69) is 20.6 Å². The molecule has 1 aliphatic rings. The number of sulfone groups is 1. The van der Waals surface area contributed by atoms with Gasteiger partial charge < -0.3 is 25.8 Å². The first kappa shape index (κ1) is 36.7. The number of carbonyl (C=O) groups is 2. The highest BCUT2D eigenvalue weighted by molar-refractivity contribution is 7.92. The first-order chi connectivity index (χ1) is 21.2. The van der Waals surface area contributed by atoms with Gasteiger partial charge in [0.2, 0.25) is 11.8 Å². The van der Waals surface area contributed by atoms with Gasteiger partial charge in [0.05, 0.1) is 34.9 Å². The number of aromatic nitrogens is 2. The Labute approximate surface area is 269 Å². The number of imidazole rings is 1. The molecule has 2 amide bonds. The normalized spacial score (nSPS) is 18.7. The summed E-state index contributed by atoms with van der Waals surface area (Å²) in [7, 11) is -3.67. The second-order valence-corrected chi connectivity index (χ2v) is 16.6. The van der Waals surface area contributed by atoms with Crippen molar-refractivity contribution in [3.05, 3.63) is 54.1 Å². The maximum atomic E-state index is 14.0. The number of amides is 2. The van der Waals surface area contributed by atoms with Crippen molar-refractivity contribution < 1.29 is 28.2 Å². The molecule has 1 saturated carbocycles. The first-order valence-corrected chi connectivity index (χ1v) is 18.1. The molecule has 3 rings (SSSR count). The standard InChI is InChI=1S/C34H54N4O6S/c1-6-23(2)30(39)31(40)28(18-25-15-11-8-12-16-25)37-33(42)29(19-27-20-35-22-36-27)38-32(41)26(17-24-13-9-7-10-14-24)21-45(43,44)34(3,4)5/h7,9-10,13-14,20,22-23,25-26,28-31,39-40H,6,8,11-12,15-19,21H2,1-5H3,(H,35,36)(H,37,42)(H,38,41)/t23?,26-,28+,29+,30+,31-/m1/s1. The number of H-pyrrole nitrogens is 1. The van der Waals surface area contributed by atoms with Gasteiger partial charge in [-0.15, -0.1) is 0 Å². The van der Waals surface area contributed by atoms with Gasteiger partial charge in [0.15, 0.2) is 9.84 Å². The molecule has 252 valence electrons. The van der Waals surface area contributed by atoms with E-state index in [0.717, 1.165) is 31.2 Å². The van der Waals surface area contributed by atoms with E-state index in [1.807, 2.05) is 44.2 Å². The molecule has 0 radical (unpaired) electrons. The van der Waals surface area contributed by atoms with Gasteiger partial charge in [0, 0.05) is 18.3 Å². The van der Waals surface area contributed by atoms with E-state index in [1.54, 1.807) is 27.0 Å². The van der Waals surface area contributed by atoms with Crippen LogP contribution in [-0.2, 0) is 32.3 Å². The zero-order valence-electron chi connectivity index (χ0n) is 27.5. The van der Waals surface area contributed by atoms with E-state index < -0.39 is 56.6 Å². The molecule has 2 aromatic rings. The molecule has 1 heterocycles. The second-order valence-electron chi connectivity index (χ2n) is 13.8. The number of hydrogen-bond acceptors (Lipinski definition) is 7. The Bertz CT molecular complexity index is 1290. The molecule has 1 aliphatic carbocycles. The number of aliphatic hydroxyl groups excluding tert-OH is 2. The number of aliphatic hydroxyl groups is 2. The van der Waals surface area contributed by atoms with E-state index in [0.29, 0.717) is 24.5 Å². The molecule has 1 unspecified atom stereocenters. The lowest BCUT2D eigenvalue weighted by Crippen LogP contribution is -2.57. The summed E-state index contributed by atoms with van der Waals surface area (Å²) in [5.41, 5.74) is 1.42. The van der Waals surface area contributed by atoms with Gasteiger partial charge in [-0.25, -0.2) is 13.4 Å². The van der Waals surface area contributed by atoms with Crippen molar-refractivity contribution in [1.29, 1.82) is 0 Å². The number of rotatable bonds is 16. The summed E-state index contributed by atoms with van der Waals surface area (Å²) in [5, 5.41) is 28.1. The SMILES string of the molecule is CCC(C)[C@H](O)[C@H](O)[C@H](CC1CCCCC1)NC(=O)[C@H](Cc1cnc[nH]1)NC(=O)[C@H](Cc1ccccc1)CS(=O)(=O)C(C)(C)C. The first-order valence-electron chi connectivity index (χ1n) is 16.4. The number of nitrogens with zero attached hydrogens (tertiary/aromatic N) is 1. The molecule has 0 bridgehead atoms. The van der Waals surface area contributed by atoms with Crippen LogP contribution in [-0.4, -0.2) is 75.2 Å². The fourth-order valence-electron chi connectivity index (χ4n) is 5.92. The molecule has 45 heavy (non-hydrogen) atoms. The minimum absolute atomic E-state index is 0.0851. The molecular weight excluding hydrogens is 592 g/mol. The van der Waals surface area contributed by atoms with Crippen molar-refractivity contribution in [3.8, 4) is 0 Å². The lowest BCUT2D eigenvalue weighted by Gasteiger charge is -2.35. The molecule has 0 saturated heterocycles. The molecule has 5 N–H and O–H groups in total. The van der Waals surface area contributed by atoms with Gasteiger partial charge in [-0.2, -0.15) is 0 Å². The predicted octanol–water partition coefficient (Wildman–Crippen LogP) is 3.73. The summed E-state index contributed by atoms with van der Waals surface area (Å²) >= 11 is 0. The van der Waals surface area contributed by atoms with Gasteiger partial charge in [0.25, 0.3) is 0 Å². The van der Waals surface area contributed by atoms with E-state index in [9.17, 15) is 28.2 Å². The van der Waals surface area contributed by atoms with Crippen LogP contribution in [0, 0.1) is 17.8 Å². The van der Waals surface area contributed by atoms with Crippen LogP contribution in [0.3, 0.4) is 0 Å². The minimum atomic E-state index is -3.67. The minimum Gasteiger partial charge on any atom is -0.390 e. The third-order valence-corrected chi connectivity index (χ3v) is 12.0. The Hall–Kier alpha value is -2.76. The Morgan fingerprint density at radius 1 is 1.00 bits per heavy atom. The van der Waals surface area contributed by atoms with Gasteiger partial charge in [-0.05, 0) is 51.0 Å². The number of aromatic amines is 1. The third-order valence-electron chi connectivity index (χ3n) is 9.29. The van der Waals surface area contributed by atoms with Gasteiger partial charge in [-0.1, -0.05) is 82.7 Å². The zero-order valence-corrected chi connectivity index (χ0v) is 28.4. The lowest BCUT2D eigenvalue weighted by atomic mass is 9.81. The van der Waals surface area contributed by atoms with Crippen molar-refractivity contribution in [3.63, 3.8) is 0 Å². The smallest absolute Gasteiger partial charge is 0.243 e. The Morgan fingerprint density at radius 3 is 2.24 bits per heavy atom. The molecule has 1 aromatic heterocycles. The maximum absolute atomic E-state index is 14.0. The number of hydrogen-bond donors (Lipinski definition) is 5. The summed E-state index contributed by atoms with van der Waals surface area (Å²) in [6.45, 7) is 8.64. The van der Waals surface area contributed by atoms with Crippen LogP contribution in [0.1, 0.15) is 90.8 Å². The summed E-state index contributed by atoms with van der Waals surface area (Å²) in [6, 6.07) is 7.43. The lowest BCUT2D eigenvalue weighted by molar-refractivity contribution is -0.132. The van der Waals surface area contributed by atoms with Crippen LogP contribution in [0.4, 0.5) is 0 Å². The summed E-state index contributed by atoms with van der Waals surface area (Å²) < 4.78 is 25.5. The van der Waals surface area contributed by atoms with Gasteiger partial charge in [-0.3, -0.25) is 9.59 Å². The summed E-state index contributed by atoms with van der Waals surface area (Å²) in [4.78, 5) is 34.9. The molecule has 0 aliphatic heterocycles. The molecule has 10 nitrogen and oxygen atoms in total. The van der Waals surface area contributed by atoms with Crippen LogP contribution < -0.4 is 10.6 Å². The van der Waals surface area contributed by atoms with Crippen LogP contribution in [0.25, 0.3) is 0 Å². The maximum Gasteiger partial charge on any atom is 0.243 e. The molecule has 1 aromatic carbocycles. The van der Waals surface area contributed by atoms with Crippen LogP contribution in [0.15, 0.2) is 42.9 Å². The molecular formula is C34H54N4O6S. The van der Waals surface area contributed by atoms with E-state index in [-0.39, 0.29) is 24.5 Å². The monoisotopic (exact) mass is 646 g/mol. The average molecular weight is 647 g/mol. The van der Waals surface area contributed by atoms with E-state index in [4.69, 9.17) is 0 Å². The highest BCUT2D eigenvalue weighted by Crippen LogP contribution is 2.29. The Balaban J connectivity index is 1.88. The predicted molar refractivity (Wildman–Crippen MR) is 176 cm³/mol. The van der Waals surface area contributed by atoms with Crippen LogP contribution >= 0.6 is 0 Å². The van der Waals surface area contributed by atoms with Crippen molar-refractivity contribution in [2.24, 2.45) is 17.8 Å². The average Bonchev–Trinajstić information content (AvgIpc) is 3.52. The van der Waals surface area contributed by atoms with Crippen LogP contribution in [0.2, 0.25) is 0 Å². The van der Waals surface area contributed by atoms with Gasteiger partial charge in [0.1, 0.15) is 12.1 Å². The summed E-state index contributed by atoms with van der Waals surface area (Å²) in [6.07, 6.45) is 7.64. The summed E-state index contributed by atoms with van der Waals surface area (Å²) in [5.74, 6) is -2.23. The fraction of sp³-hybridized carbons (Fsp3) is 0.676. The van der Waals surface area contributed by atoms with E-state index in [1.165, 1.54) is 12.7 Å². The van der Waals surface area contributed by atoms with Crippen molar-refractivity contribution in [2.75, 3.05) is 5.75 Å². The highest BCUT2D eigenvalue weighted by Gasteiger charge is 2.37. The van der Waals surface area contributed by atoms with Crippen molar-refractivity contribution in [2.45, 2.75) is 121 Å². The number of benzene rings is 1. The zero-order chi connectivity index (χ0) is 33.2. The third kappa shape index (κ3) is 10.9.